The van der Waals surface area contributed by atoms with Gasteiger partial charge in [-0.2, -0.15) is 0 Å². The molecule has 132 valence electrons. The van der Waals surface area contributed by atoms with Gasteiger partial charge in [-0.3, -0.25) is 14.5 Å². The second-order valence-corrected chi connectivity index (χ2v) is 6.50. The number of carbonyl (C=O) groups is 2. The number of hydrogen-bond acceptors (Lipinski definition) is 4. The number of nitrogens with one attached hydrogen (secondary N) is 1. The smallest absolute Gasteiger partial charge is 0.311 e. The van der Waals surface area contributed by atoms with Crippen molar-refractivity contribution >= 4 is 30.0 Å². The van der Waals surface area contributed by atoms with Crippen LogP contribution in [0.5, 0.6) is 5.75 Å². The molecular weight excluding hydrogens is 332 g/mol. The van der Waals surface area contributed by atoms with Gasteiger partial charge in [0.15, 0.2) is 0 Å². The Balaban J connectivity index is 0.00000208. The van der Waals surface area contributed by atoms with Crippen molar-refractivity contribution in [1.82, 2.24) is 4.90 Å². The lowest BCUT2D eigenvalue weighted by molar-refractivity contribution is -0.149. The summed E-state index contributed by atoms with van der Waals surface area (Å²) in [7, 11) is 1.58. The van der Waals surface area contributed by atoms with Crippen LogP contribution in [0.15, 0.2) is 24.3 Å². The van der Waals surface area contributed by atoms with Crippen molar-refractivity contribution in [2.75, 3.05) is 32.1 Å². The number of anilines is 1. The Morgan fingerprint density at radius 3 is 2.92 bits per heavy atom. The van der Waals surface area contributed by atoms with Crippen molar-refractivity contribution in [3.63, 3.8) is 0 Å². The molecule has 6 nitrogen and oxygen atoms in total. The standard InChI is InChI=1S/C17H22N2O4.ClH/c1-23-14-6-2-5-13(8-14)18-15(20)10-19-9-12-4-3-7-17(12,11-19)16(21)22;/h2,5-6,8,12H,3-4,7,9-11H2,1H3,(H,18,20)(H,21,22);1H/t12-,17+;/m0./s1. The normalized spacial score (nSPS) is 25.6. The number of carbonyl (C=O) groups excluding carboxylic acids is 1. The van der Waals surface area contributed by atoms with Gasteiger partial charge in [0, 0.05) is 24.8 Å². The number of benzene rings is 1. The van der Waals surface area contributed by atoms with Crippen LogP contribution in [0.2, 0.25) is 0 Å². The fourth-order valence-electron chi connectivity index (χ4n) is 3.97. The van der Waals surface area contributed by atoms with Gasteiger partial charge < -0.3 is 15.2 Å². The molecule has 1 saturated carbocycles. The molecule has 1 heterocycles. The van der Waals surface area contributed by atoms with E-state index < -0.39 is 11.4 Å². The van der Waals surface area contributed by atoms with Crippen molar-refractivity contribution in [1.29, 1.82) is 0 Å². The number of amides is 1. The quantitative estimate of drug-likeness (QED) is 0.847. The average Bonchev–Trinajstić information content (AvgIpc) is 3.05. The van der Waals surface area contributed by atoms with Crippen LogP contribution >= 0.6 is 12.4 Å². The van der Waals surface area contributed by atoms with Crippen LogP contribution in [0.1, 0.15) is 19.3 Å². The van der Waals surface area contributed by atoms with Crippen LogP contribution < -0.4 is 10.1 Å². The highest BCUT2D eigenvalue weighted by molar-refractivity contribution is 5.92. The van der Waals surface area contributed by atoms with Crippen LogP contribution in [-0.2, 0) is 9.59 Å². The maximum atomic E-state index is 12.2. The molecule has 1 saturated heterocycles. The predicted molar refractivity (Wildman–Crippen MR) is 92.7 cm³/mol. The van der Waals surface area contributed by atoms with E-state index in [1.165, 1.54) is 0 Å². The molecule has 1 aliphatic carbocycles. The molecule has 0 aromatic heterocycles. The summed E-state index contributed by atoms with van der Waals surface area (Å²) in [5.41, 5.74) is 0.0395. The number of rotatable bonds is 5. The summed E-state index contributed by atoms with van der Waals surface area (Å²) in [4.78, 5) is 25.8. The Morgan fingerprint density at radius 1 is 1.46 bits per heavy atom. The van der Waals surface area contributed by atoms with Crippen LogP contribution in [-0.4, -0.2) is 48.6 Å². The Kier molecular flexibility index (Phi) is 5.72. The van der Waals surface area contributed by atoms with Crippen LogP contribution in [0.4, 0.5) is 5.69 Å². The molecule has 2 N–H and O–H groups in total. The minimum Gasteiger partial charge on any atom is -0.497 e. The zero-order valence-corrected chi connectivity index (χ0v) is 14.5. The summed E-state index contributed by atoms with van der Waals surface area (Å²) in [5, 5.41) is 12.4. The van der Waals surface area contributed by atoms with E-state index in [0.29, 0.717) is 24.5 Å². The Labute approximate surface area is 147 Å². The maximum absolute atomic E-state index is 12.2. The van der Waals surface area contributed by atoms with E-state index in [1.54, 1.807) is 19.2 Å². The second-order valence-electron chi connectivity index (χ2n) is 6.50. The highest BCUT2D eigenvalue weighted by atomic mass is 35.5. The maximum Gasteiger partial charge on any atom is 0.311 e. The Bertz CT molecular complexity index is 624. The van der Waals surface area contributed by atoms with Gasteiger partial charge in [0.25, 0.3) is 0 Å². The van der Waals surface area contributed by atoms with Gasteiger partial charge in [-0.1, -0.05) is 12.5 Å². The number of carboxylic acids is 1. The fraction of sp³-hybridized carbons (Fsp3) is 0.529. The molecule has 2 fully saturated rings. The molecule has 2 atom stereocenters. The number of carboxylic acid groups (broad SMARTS) is 1. The number of nitrogens with zero attached hydrogens (tertiary/aromatic N) is 1. The Morgan fingerprint density at radius 2 is 2.25 bits per heavy atom. The molecule has 24 heavy (non-hydrogen) atoms. The zero-order valence-electron chi connectivity index (χ0n) is 13.7. The number of ether oxygens (including phenoxy) is 1. The molecule has 0 radical (unpaired) electrons. The third-order valence-corrected chi connectivity index (χ3v) is 5.09. The van der Waals surface area contributed by atoms with Crippen molar-refractivity contribution in [3.05, 3.63) is 24.3 Å². The minimum absolute atomic E-state index is 0. The van der Waals surface area contributed by atoms with Crippen molar-refractivity contribution < 1.29 is 19.4 Å². The van der Waals surface area contributed by atoms with Gasteiger partial charge in [0.1, 0.15) is 5.75 Å². The number of aliphatic carboxylic acids is 1. The number of hydrogen-bond donors (Lipinski definition) is 2. The summed E-state index contributed by atoms with van der Waals surface area (Å²) in [6, 6.07) is 7.19. The fourth-order valence-corrected chi connectivity index (χ4v) is 3.97. The lowest BCUT2D eigenvalue weighted by atomic mass is 9.81. The molecule has 0 unspecified atom stereocenters. The highest BCUT2D eigenvalue weighted by Crippen LogP contribution is 2.48. The minimum atomic E-state index is -0.712. The summed E-state index contributed by atoms with van der Waals surface area (Å²) < 4.78 is 5.13. The third-order valence-electron chi connectivity index (χ3n) is 5.09. The third kappa shape index (κ3) is 3.49. The average molecular weight is 355 g/mol. The molecule has 1 amide bonds. The molecule has 3 rings (SSSR count). The summed E-state index contributed by atoms with van der Waals surface area (Å²) in [6.45, 7) is 1.39. The topological polar surface area (TPSA) is 78.9 Å². The monoisotopic (exact) mass is 354 g/mol. The van der Waals surface area contributed by atoms with Gasteiger partial charge in [-0.25, -0.2) is 0 Å². The van der Waals surface area contributed by atoms with Crippen LogP contribution in [0.3, 0.4) is 0 Å². The number of likely N-dealkylation sites (tertiary alicyclic amines) is 1. The molecule has 7 heteroatoms. The first-order chi connectivity index (χ1) is 11.0. The molecule has 1 aromatic rings. The van der Waals surface area contributed by atoms with Crippen molar-refractivity contribution in [2.24, 2.45) is 11.3 Å². The lowest BCUT2D eigenvalue weighted by Crippen LogP contribution is -2.37. The molecule has 2 aliphatic rings. The van der Waals surface area contributed by atoms with E-state index in [2.05, 4.69) is 5.32 Å². The number of halogens is 1. The van der Waals surface area contributed by atoms with Crippen molar-refractivity contribution in [2.45, 2.75) is 19.3 Å². The van der Waals surface area contributed by atoms with E-state index >= 15 is 0 Å². The molecule has 0 bridgehead atoms. The van der Waals surface area contributed by atoms with E-state index in [1.807, 2.05) is 17.0 Å². The lowest BCUT2D eigenvalue weighted by Gasteiger charge is -2.23. The van der Waals surface area contributed by atoms with Crippen LogP contribution in [0.25, 0.3) is 0 Å². The Hall–Kier alpha value is -1.79. The van der Waals surface area contributed by atoms with Crippen molar-refractivity contribution in [3.8, 4) is 5.75 Å². The van der Waals surface area contributed by atoms with Crippen LogP contribution in [0, 0.1) is 11.3 Å². The molecule has 0 spiro atoms. The van der Waals surface area contributed by atoms with E-state index in [-0.39, 0.29) is 30.8 Å². The van der Waals surface area contributed by atoms with E-state index in [4.69, 9.17) is 4.74 Å². The number of fused-ring (bicyclic) bond motifs is 1. The highest BCUT2D eigenvalue weighted by Gasteiger charge is 2.54. The van der Waals surface area contributed by atoms with E-state index in [0.717, 1.165) is 19.3 Å². The summed E-state index contributed by atoms with van der Waals surface area (Å²) in [5.74, 6) is 0.0161. The van der Waals surface area contributed by atoms with Gasteiger partial charge in [0.2, 0.25) is 5.91 Å². The summed E-state index contributed by atoms with van der Waals surface area (Å²) in [6.07, 6.45) is 2.64. The number of methoxy groups -OCH3 is 1. The molecule has 1 aliphatic heterocycles. The molecule has 1 aromatic carbocycles. The summed E-state index contributed by atoms with van der Waals surface area (Å²) >= 11 is 0. The predicted octanol–water partition coefficient (Wildman–Crippen LogP) is 2.24. The van der Waals surface area contributed by atoms with Gasteiger partial charge in [-0.15, -0.1) is 12.4 Å². The first-order valence-corrected chi connectivity index (χ1v) is 7.93. The first kappa shape index (κ1) is 18.5. The first-order valence-electron chi connectivity index (χ1n) is 7.93. The zero-order chi connectivity index (χ0) is 16.4. The van der Waals surface area contributed by atoms with Gasteiger partial charge >= 0.3 is 5.97 Å². The van der Waals surface area contributed by atoms with Gasteiger partial charge in [0.05, 0.1) is 19.1 Å². The second kappa shape index (κ2) is 7.40. The largest absolute Gasteiger partial charge is 0.497 e. The van der Waals surface area contributed by atoms with Gasteiger partial charge in [-0.05, 0) is 30.9 Å². The van der Waals surface area contributed by atoms with E-state index in [9.17, 15) is 14.7 Å². The molecular formula is C17H23ClN2O4. The SMILES string of the molecule is COc1cccc(NC(=O)CN2C[C@@H]3CCC[C@@]3(C(=O)O)C2)c1.Cl.